The van der Waals surface area contributed by atoms with E-state index >= 15 is 0 Å². The number of nitrogens with one attached hydrogen (secondary N) is 1. The molecule has 0 saturated heterocycles. The van der Waals surface area contributed by atoms with Crippen LogP contribution in [0.25, 0.3) is 6.08 Å². The van der Waals surface area contributed by atoms with E-state index in [0.717, 1.165) is 34.6 Å². The highest BCUT2D eigenvalue weighted by Crippen LogP contribution is 2.36. The first-order chi connectivity index (χ1) is 13.9. The molecule has 7 heteroatoms. The highest BCUT2D eigenvalue weighted by molar-refractivity contribution is 6.32. The van der Waals surface area contributed by atoms with Gasteiger partial charge in [0.05, 0.1) is 38.1 Å². The number of amides is 1. The molecule has 1 amide bonds. The molecule has 29 heavy (non-hydrogen) atoms. The summed E-state index contributed by atoms with van der Waals surface area (Å²) in [5.74, 6) is 1.57. The highest BCUT2D eigenvalue weighted by atomic mass is 35.5. The second-order valence-electron chi connectivity index (χ2n) is 6.48. The number of carbonyl (C=O) groups is 1. The molecule has 0 aliphatic rings. The van der Waals surface area contributed by atoms with E-state index in [1.807, 2.05) is 20.8 Å². The van der Waals surface area contributed by atoms with Gasteiger partial charge in [0.1, 0.15) is 5.75 Å². The van der Waals surface area contributed by atoms with E-state index in [0.29, 0.717) is 29.7 Å². The van der Waals surface area contributed by atoms with Crippen LogP contribution in [0.15, 0.2) is 24.4 Å². The number of halogens is 1. The van der Waals surface area contributed by atoms with Crippen LogP contribution < -0.4 is 19.5 Å². The summed E-state index contributed by atoms with van der Waals surface area (Å²) >= 11 is 6.30. The van der Waals surface area contributed by atoms with Crippen LogP contribution in [-0.2, 0) is 11.3 Å². The minimum Gasteiger partial charge on any atom is -0.496 e. The largest absolute Gasteiger partial charge is 0.496 e. The van der Waals surface area contributed by atoms with Gasteiger partial charge in [0, 0.05) is 23.4 Å². The van der Waals surface area contributed by atoms with Gasteiger partial charge in [-0.05, 0) is 44.0 Å². The van der Waals surface area contributed by atoms with Crippen molar-refractivity contribution in [1.29, 1.82) is 0 Å². The van der Waals surface area contributed by atoms with Crippen molar-refractivity contribution in [3.8, 4) is 17.2 Å². The van der Waals surface area contributed by atoms with E-state index in [4.69, 9.17) is 25.8 Å². The number of methoxy groups -OCH3 is 2. The van der Waals surface area contributed by atoms with Gasteiger partial charge in [-0.25, -0.2) is 0 Å². The van der Waals surface area contributed by atoms with E-state index in [1.54, 1.807) is 38.6 Å². The minimum absolute atomic E-state index is 0.243. The molecule has 0 atom stereocenters. The first kappa shape index (κ1) is 22.6. The summed E-state index contributed by atoms with van der Waals surface area (Å²) in [4.78, 5) is 16.6. The Hall–Kier alpha value is -2.73. The first-order valence-corrected chi connectivity index (χ1v) is 9.74. The van der Waals surface area contributed by atoms with Crippen molar-refractivity contribution in [3.63, 3.8) is 0 Å². The molecule has 0 aliphatic carbocycles. The van der Waals surface area contributed by atoms with Gasteiger partial charge < -0.3 is 19.5 Å². The molecule has 0 radical (unpaired) electrons. The zero-order valence-corrected chi connectivity index (χ0v) is 18.2. The quantitative estimate of drug-likeness (QED) is 0.607. The number of ether oxygens (including phenoxy) is 3. The second-order valence-corrected chi connectivity index (χ2v) is 6.89. The maximum absolute atomic E-state index is 12.2. The lowest BCUT2D eigenvalue weighted by Crippen LogP contribution is -2.21. The van der Waals surface area contributed by atoms with E-state index in [-0.39, 0.29) is 5.91 Å². The van der Waals surface area contributed by atoms with Gasteiger partial charge in [-0.15, -0.1) is 0 Å². The third-order valence-corrected chi connectivity index (χ3v) is 4.59. The molecule has 1 N–H and O–H groups in total. The summed E-state index contributed by atoms with van der Waals surface area (Å²) in [5, 5.41) is 3.27. The number of pyridine rings is 1. The van der Waals surface area contributed by atoms with E-state index in [1.165, 1.54) is 6.08 Å². The Kier molecular flexibility index (Phi) is 8.34. The topological polar surface area (TPSA) is 69.7 Å². The summed E-state index contributed by atoms with van der Waals surface area (Å²) in [6, 6.07) is 3.51. The minimum atomic E-state index is -0.243. The van der Waals surface area contributed by atoms with E-state index in [9.17, 15) is 4.79 Å². The van der Waals surface area contributed by atoms with Crippen LogP contribution in [0, 0.1) is 13.8 Å². The van der Waals surface area contributed by atoms with Crippen LogP contribution in [0.2, 0.25) is 5.02 Å². The van der Waals surface area contributed by atoms with Crippen LogP contribution in [0.1, 0.15) is 35.7 Å². The predicted octanol–water partition coefficient (Wildman–Crippen LogP) is 4.49. The standard InChI is InChI=1S/C22H27ClN2O4/c1-6-9-29-22-17(23)10-16(11-19(22)27-4)7-8-20(26)25-13-18-15(3)21(28-5)14(2)12-24-18/h7-8,10-12H,6,9,13H2,1-5H3,(H,25,26)/b8-7+. The summed E-state index contributed by atoms with van der Waals surface area (Å²) in [5.41, 5.74) is 3.36. The van der Waals surface area contributed by atoms with Gasteiger partial charge in [-0.2, -0.15) is 0 Å². The van der Waals surface area contributed by atoms with Crippen molar-refractivity contribution in [2.45, 2.75) is 33.7 Å². The second kappa shape index (κ2) is 10.7. The lowest BCUT2D eigenvalue weighted by atomic mass is 10.1. The Balaban J connectivity index is 2.07. The number of benzene rings is 1. The molecule has 0 bridgehead atoms. The monoisotopic (exact) mass is 418 g/mol. The molecule has 2 rings (SSSR count). The fourth-order valence-electron chi connectivity index (χ4n) is 2.83. The smallest absolute Gasteiger partial charge is 0.244 e. The van der Waals surface area contributed by atoms with Crippen LogP contribution in [-0.4, -0.2) is 31.7 Å². The van der Waals surface area contributed by atoms with Crippen LogP contribution >= 0.6 is 11.6 Å². The van der Waals surface area contributed by atoms with Crippen molar-refractivity contribution in [1.82, 2.24) is 10.3 Å². The Morgan fingerprint density at radius 1 is 1.21 bits per heavy atom. The average molecular weight is 419 g/mol. The number of nitrogens with zero attached hydrogens (tertiary/aromatic N) is 1. The third kappa shape index (κ3) is 5.87. The highest BCUT2D eigenvalue weighted by Gasteiger charge is 2.12. The molecule has 1 aromatic heterocycles. The summed E-state index contributed by atoms with van der Waals surface area (Å²) in [6.45, 7) is 6.72. The van der Waals surface area contributed by atoms with Crippen molar-refractivity contribution in [2.75, 3.05) is 20.8 Å². The number of hydrogen-bond donors (Lipinski definition) is 1. The Morgan fingerprint density at radius 3 is 2.62 bits per heavy atom. The molecular formula is C22H27ClN2O4. The van der Waals surface area contributed by atoms with Crippen molar-refractivity contribution in [3.05, 3.63) is 51.8 Å². The van der Waals surface area contributed by atoms with Gasteiger partial charge >= 0.3 is 0 Å². The third-order valence-electron chi connectivity index (χ3n) is 4.31. The zero-order chi connectivity index (χ0) is 21.4. The Morgan fingerprint density at radius 2 is 1.97 bits per heavy atom. The lowest BCUT2D eigenvalue weighted by molar-refractivity contribution is -0.116. The van der Waals surface area contributed by atoms with Gasteiger partial charge in [-0.1, -0.05) is 18.5 Å². The SMILES string of the molecule is CCCOc1c(Cl)cc(/C=C/C(=O)NCc2ncc(C)c(OC)c2C)cc1OC. The lowest BCUT2D eigenvalue weighted by Gasteiger charge is -2.13. The molecule has 0 saturated carbocycles. The molecule has 1 heterocycles. The average Bonchev–Trinajstić information content (AvgIpc) is 2.70. The molecule has 156 valence electrons. The molecule has 0 fully saturated rings. The Labute approximate surface area is 176 Å². The molecule has 0 unspecified atom stereocenters. The van der Waals surface area contributed by atoms with E-state index < -0.39 is 0 Å². The van der Waals surface area contributed by atoms with Gasteiger partial charge in [-0.3, -0.25) is 9.78 Å². The molecule has 2 aromatic rings. The summed E-state index contributed by atoms with van der Waals surface area (Å²) < 4.78 is 16.4. The van der Waals surface area contributed by atoms with E-state index in [2.05, 4.69) is 10.3 Å². The Bertz CT molecular complexity index is 897. The normalized spacial score (nSPS) is 10.8. The first-order valence-electron chi connectivity index (χ1n) is 9.36. The van der Waals surface area contributed by atoms with Crippen molar-refractivity contribution in [2.24, 2.45) is 0 Å². The zero-order valence-electron chi connectivity index (χ0n) is 17.5. The van der Waals surface area contributed by atoms with Crippen molar-refractivity contribution < 1.29 is 19.0 Å². The van der Waals surface area contributed by atoms with Gasteiger partial charge in [0.2, 0.25) is 5.91 Å². The van der Waals surface area contributed by atoms with Crippen LogP contribution in [0.3, 0.4) is 0 Å². The summed E-state index contributed by atoms with van der Waals surface area (Å²) in [7, 11) is 3.17. The molecule has 0 spiro atoms. The fraction of sp³-hybridized carbons (Fsp3) is 0.364. The number of aromatic nitrogens is 1. The number of rotatable bonds is 9. The predicted molar refractivity (Wildman–Crippen MR) is 115 cm³/mol. The molecule has 1 aromatic carbocycles. The maximum atomic E-state index is 12.2. The number of hydrogen-bond acceptors (Lipinski definition) is 5. The van der Waals surface area contributed by atoms with Crippen molar-refractivity contribution >= 4 is 23.6 Å². The molecular weight excluding hydrogens is 392 g/mol. The summed E-state index contributed by atoms with van der Waals surface area (Å²) in [6.07, 6.45) is 5.71. The van der Waals surface area contributed by atoms with Crippen LogP contribution in [0.5, 0.6) is 17.2 Å². The van der Waals surface area contributed by atoms with Crippen LogP contribution in [0.4, 0.5) is 0 Å². The number of carbonyl (C=O) groups excluding carboxylic acids is 1. The van der Waals surface area contributed by atoms with Gasteiger partial charge in [0.25, 0.3) is 0 Å². The molecule has 6 nitrogen and oxygen atoms in total. The fourth-order valence-corrected chi connectivity index (χ4v) is 3.10. The number of aryl methyl sites for hydroxylation is 1. The maximum Gasteiger partial charge on any atom is 0.244 e. The molecule has 0 aliphatic heterocycles. The van der Waals surface area contributed by atoms with Gasteiger partial charge in [0.15, 0.2) is 11.5 Å².